The largest absolute Gasteiger partial charge is 0.399 e. The molecule has 0 aliphatic heterocycles. The van der Waals surface area contributed by atoms with E-state index in [2.05, 4.69) is 6.07 Å². The summed E-state index contributed by atoms with van der Waals surface area (Å²) in [6, 6.07) is 7.98. The third-order valence-electron chi connectivity index (χ3n) is 2.14. The molecular formula is C12H19NO2. The van der Waals surface area contributed by atoms with Gasteiger partial charge in [0, 0.05) is 19.4 Å². The molecule has 15 heavy (non-hydrogen) atoms. The average Bonchev–Trinajstić information content (AvgIpc) is 2.23. The zero-order valence-electron chi connectivity index (χ0n) is 9.24. The van der Waals surface area contributed by atoms with Crippen molar-refractivity contribution in [3.63, 3.8) is 0 Å². The van der Waals surface area contributed by atoms with E-state index in [0.29, 0.717) is 13.2 Å². The Morgan fingerprint density at radius 3 is 2.80 bits per heavy atom. The van der Waals surface area contributed by atoms with Gasteiger partial charge in [-0.25, -0.2) is 0 Å². The Morgan fingerprint density at radius 1 is 1.20 bits per heavy atom. The number of rotatable bonds is 7. The van der Waals surface area contributed by atoms with Gasteiger partial charge in [-0.2, -0.15) is 0 Å². The van der Waals surface area contributed by atoms with E-state index in [0.717, 1.165) is 25.1 Å². The molecule has 1 rings (SSSR count). The quantitative estimate of drug-likeness (QED) is 0.550. The fourth-order valence-corrected chi connectivity index (χ4v) is 1.37. The lowest BCUT2D eigenvalue weighted by atomic mass is 10.1. The van der Waals surface area contributed by atoms with Gasteiger partial charge in [-0.3, -0.25) is 0 Å². The number of anilines is 1. The zero-order valence-corrected chi connectivity index (χ0v) is 9.24. The first-order chi connectivity index (χ1) is 7.33. The molecular weight excluding hydrogens is 190 g/mol. The Morgan fingerprint density at radius 2 is 2.07 bits per heavy atom. The van der Waals surface area contributed by atoms with E-state index in [9.17, 15) is 0 Å². The van der Waals surface area contributed by atoms with E-state index in [4.69, 9.17) is 15.2 Å². The predicted octanol–water partition coefficient (Wildman–Crippen LogP) is 1.86. The number of nitrogens with two attached hydrogens (primary N) is 1. The molecule has 0 amide bonds. The van der Waals surface area contributed by atoms with Crippen LogP contribution in [0.1, 0.15) is 12.0 Å². The molecule has 1 aromatic carbocycles. The summed E-state index contributed by atoms with van der Waals surface area (Å²) < 4.78 is 10.3. The highest BCUT2D eigenvalue weighted by Crippen LogP contribution is 2.08. The number of benzene rings is 1. The van der Waals surface area contributed by atoms with Crippen molar-refractivity contribution in [1.82, 2.24) is 0 Å². The molecule has 0 spiro atoms. The normalized spacial score (nSPS) is 10.5. The fraction of sp³-hybridized carbons (Fsp3) is 0.500. The standard InChI is InChI=1S/C12H19NO2/c1-14-8-9-15-7-3-5-11-4-2-6-12(13)10-11/h2,4,6,10H,3,5,7-9,13H2,1H3. The van der Waals surface area contributed by atoms with Crippen LogP contribution in [0.5, 0.6) is 0 Å². The summed E-state index contributed by atoms with van der Waals surface area (Å²) >= 11 is 0. The van der Waals surface area contributed by atoms with Crippen molar-refractivity contribution in [1.29, 1.82) is 0 Å². The third-order valence-corrected chi connectivity index (χ3v) is 2.14. The van der Waals surface area contributed by atoms with Crippen LogP contribution in [-0.4, -0.2) is 26.9 Å². The average molecular weight is 209 g/mol. The van der Waals surface area contributed by atoms with Gasteiger partial charge in [0.1, 0.15) is 0 Å². The molecule has 0 saturated heterocycles. The van der Waals surface area contributed by atoms with Gasteiger partial charge in [0.2, 0.25) is 0 Å². The molecule has 3 nitrogen and oxygen atoms in total. The second-order valence-electron chi connectivity index (χ2n) is 3.45. The SMILES string of the molecule is COCCOCCCc1cccc(N)c1. The minimum absolute atomic E-state index is 0.665. The number of hydrogen-bond acceptors (Lipinski definition) is 3. The molecule has 0 unspecified atom stereocenters. The fourth-order valence-electron chi connectivity index (χ4n) is 1.37. The number of ether oxygens (including phenoxy) is 2. The van der Waals surface area contributed by atoms with Crippen LogP contribution in [0.3, 0.4) is 0 Å². The van der Waals surface area contributed by atoms with Crippen LogP contribution in [-0.2, 0) is 15.9 Å². The summed E-state index contributed by atoms with van der Waals surface area (Å²) in [5.74, 6) is 0. The van der Waals surface area contributed by atoms with Gasteiger partial charge in [0.25, 0.3) is 0 Å². The predicted molar refractivity (Wildman–Crippen MR) is 61.9 cm³/mol. The molecule has 1 aromatic rings. The first-order valence-electron chi connectivity index (χ1n) is 5.24. The highest BCUT2D eigenvalue weighted by molar-refractivity contribution is 5.40. The zero-order chi connectivity index (χ0) is 10.9. The second-order valence-corrected chi connectivity index (χ2v) is 3.45. The van der Waals surface area contributed by atoms with Gasteiger partial charge in [0.05, 0.1) is 13.2 Å². The smallest absolute Gasteiger partial charge is 0.0700 e. The minimum atomic E-state index is 0.665. The van der Waals surface area contributed by atoms with Crippen molar-refractivity contribution < 1.29 is 9.47 Å². The monoisotopic (exact) mass is 209 g/mol. The Labute approximate surface area is 91.2 Å². The van der Waals surface area contributed by atoms with Crippen LogP contribution in [0.2, 0.25) is 0 Å². The topological polar surface area (TPSA) is 44.5 Å². The Hall–Kier alpha value is -1.06. The molecule has 0 saturated carbocycles. The van der Waals surface area contributed by atoms with Crippen LogP contribution in [0.25, 0.3) is 0 Å². The number of aryl methyl sites for hydroxylation is 1. The number of nitrogen functional groups attached to an aromatic ring is 1. The Kier molecular flexibility index (Phi) is 5.81. The number of hydrogen-bond donors (Lipinski definition) is 1. The lowest BCUT2D eigenvalue weighted by Gasteiger charge is -2.04. The van der Waals surface area contributed by atoms with Crippen LogP contribution in [0.4, 0.5) is 5.69 Å². The molecule has 0 atom stereocenters. The van der Waals surface area contributed by atoms with Crippen LogP contribution < -0.4 is 5.73 Å². The van der Waals surface area contributed by atoms with Crippen LogP contribution in [0, 0.1) is 0 Å². The molecule has 0 aromatic heterocycles. The Balaban J connectivity index is 2.10. The van der Waals surface area contributed by atoms with Crippen molar-refractivity contribution >= 4 is 5.69 Å². The summed E-state index contributed by atoms with van der Waals surface area (Å²) in [6.45, 7) is 2.11. The molecule has 84 valence electrons. The van der Waals surface area contributed by atoms with Crippen LogP contribution >= 0.6 is 0 Å². The maximum atomic E-state index is 5.68. The van der Waals surface area contributed by atoms with Gasteiger partial charge in [-0.05, 0) is 30.5 Å². The van der Waals surface area contributed by atoms with Crippen molar-refractivity contribution in [2.45, 2.75) is 12.8 Å². The highest BCUT2D eigenvalue weighted by atomic mass is 16.5. The van der Waals surface area contributed by atoms with Gasteiger partial charge in [-0.15, -0.1) is 0 Å². The van der Waals surface area contributed by atoms with E-state index >= 15 is 0 Å². The first-order valence-corrected chi connectivity index (χ1v) is 5.24. The first kappa shape index (κ1) is 12.0. The van der Waals surface area contributed by atoms with Gasteiger partial charge in [-0.1, -0.05) is 12.1 Å². The molecule has 0 radical (unpaired) electrons. The van der Waals surface area contributed by atoms with E-state index in [1.807, 2.05) is 18.2 Å². The second kappa shape index (κ2) is 7.26. The van der Waals surface area contributed by atoms with E-state index < -0.39 is 0 Å². The van der Waals surface area contributed by atoms with Crippen molar-refractivity contribution in [2.24, 2.45) is 0 Å². The summed E-state index contributed by atoms with van der Waals surface area (Å²) in [7, 11) is 1.68. The summed E-state index contributed by atoms with van der Waals surface area (Å²) in [5, 5.41) is 0. The summed E-state index contributed by atoms with van der Waals surface area (Å²) in [5.41, 5.74) is 7.78. The third kappa shape index (κ3) is 5.40. The number of methoxy groups -OCH3 is 1. The van der Waals surface area contributed by atoms with E-state index in [1.165, 1.54) is 5.56 Å². The lowest BCUT2D eigenvalue weighted by Crippen LogP contribution is -2.03. The molecule has 0 aliphatic rings. The van der Waals surface area contributed by atoms with Crippen LogP contribution in [0.15, 0.2) is 24.3 Å². The summed E-state index contributed by atoms with van der Waals surface area (Å²) in [6.07, 6.45) is 2.03. The van der Waals surface area contributed by atoms with Crippen molar-refractivity contribution in [2.75, 3.05) is 32.7 Å². The molecule has 0 heterocycles. The molecule has 0 bridgehead atoms. The Bertz CT molecular complexity index is 276. The molecule has 0 aliphatic carbocycles. The molecule has 3 heteroatoms. The van der Waals surface area contributed by atoms with Gasteiger partial charge in [0.15, 0.2) is 0 Å². The van der Waals surface area contributed by atoms with Gasteiger partial charge < -0.3 is 15.2 Å². The van der Waals surface area contributed by atoms with Crippen molar-refractivity contribution in [3.05, 3.63) is 29.8 Å². The van der Waals surface area contributed by atoms with E-state index in [-0.39, 0.29) is 0 Å². The van der Waals surface area contributed by atoms with Crippen molar-refractivity contribution in [3.8, 4) is 0 Å². The highest BCUT2D eigenvalue weighted by Gasteiger charge is 1.94. The van der Waals surface area contributed by atoms with E-state index in [1.54, 1.807) is 7.11 Å². The maximum Gasteiger partial charge on any atom is 0.0700 e. The molecule has 0 fully saturated rings. The lowest BCUT2D eigenvalue weighted by molar-refractivity contribution is 0.0695. The van der Waals surface area contributed by atoms with Gasteiger partial charge >= 0.3 is 0 Å². The molecule has 2 N–H and O–H groups in total. The minimum Gasteiger partial charge on any atom is -0.399 e. The maximum absolute atomic E-state index is 5.68. The summed E-state index contributed by atoms with van der Waals surface area (Å²) in [4.78, 5) is 0.